The summed E-state index contributed by atoms with van der Waals surface area (Å²) in [6, 6.07) is 9.11. The van der Waals surface area contributed by atoms with Crippen molar-refractivity contribution < 1.29 is 19.4 Å². The van der Waals surface area contributed by atoms with E-state index in [1.807, 2.05) is 37.3 Å². The van der Waals surface area contributed by atoms with Crippen LogP contribution >= 0.6 is 0 Å². The molecule has 0 bridgehead atoms. The van der Waals surface area contributed by atoms with Crippen LogP contribution in [0.3, 0.4) is 0 Å². The number of hydrogen-bond donors (Lipinski definition) is 2. The van der Waals surface area contributed by atoms with Crippen molar-refractivity contribution in [1.82, 2.24) is 10.2 Å². The van der Waals surface area contributed by atoms with E-state index >= 15 is 0 Å². The summed E-state index contributed by atoms with van der Waals surface area (Å²) in [5.41, 5.74) is 0.961. The minimum atomic E-state index is -0.842. The number of likely N-dealkylation sites (tertiary alicyclic amines) is 1. The average molecular weight is 320 g/mol. The summed E-state index contributed by atoms with van der Waals surface area (Å²) in [5.74, 6) is -1.17. The molecular formula is C17H24N2O4. The van der Waals surface area contributed by atoms with Crippen molar-refractivity contribution in [3.05, 3.63) is 35.9 Å². The molecule has 126 valence electrons. The predicted molar refractivity (Wildman–Crippen MR) is 86.1 cm³/mol. The van der Waals surface area contributed by atoms with E-state index in [0.717, 1.165) is 5.56 Å². The van der Waals surface area contributed by atoms with Crippen LogP contribution in [0.15, 0.2) is 30.3 Å². The maximum Gasteiger partial charge on any atom is 0.317 e. The van der Waals surface area contributed by atoms with Gasteiger partial charge in [-0.05, 0) is 17.9 Å². The number of aliphatic carboxylic acids is 1. The number of amides is 2. The van der Waals surface area contributed by atoms with Crippen LogP contribution in [0.4, 0.5) is 4.79 Å². The van der Waals surface area contributed by atoms with Gasteiger partial charge < -0.3 is 20.1 Å². The first-order chi connectivity index (χ1) is 11.0. The molecule has 0 aromatic heterocycles. The molecule has 3 unspecified atom stereocenters. The monoisotopic (exact) mass is 320 g/mol. The Morgan fingerprint density at radius 3 is 2.65 bits per heavy atom. The number of nitrogens with zero attached hydrogens (tertiary/aromatic N) is 1. The second-order valence-corrected chi connectivity index (χ2v) is 6.15. The molecule has 1 aliphatic rings. The van der Waals surface area contributed by atoms with Crippen LogP contribution in [0.25, 0.3) is 0 Å². The third-order valence-corrected chi connectivity index (χ3v) is 4.13. The van der Waals surface area contributed by atoms with Gasteiger partial charge in [0, 0.05) is 20.2 Å². The molecular weight excluding hydrogens is 296 g/mol. The molecule has 1 aliphatic heterocycles. The Morgan fingerprint density at radius 2 is 2.04 bits per heavy atom. The molecule has 1 aromatic carbocycles. The summed E-state index contributed by atoms with van der Waals surface area (Å²) in [4.78, 5) is 25.4. The topological polar surface area (TPSA) is 78.9 Å². The highest BCUT2D eigenvalue weighted by Gasteiger charge is 2.32. The number of carbonyl (C=O) groups is 2. The molecule has 1 saturated heterocycles. The number of carboxylic acids is 1. The van der Waals surface area contributed by atoms with Crippen molar-refractivity contribution in [3.63, 3.8) is 0 Å². The lowest BCUT2D eigenvalue weighted by molar-refractivity contribution is -0.143. The van der Waals surface area contributed by atoms with Crippen LogP contribution in [-0.2, 0) is 9.53 Å². The Morgan fingerprint density at radius 1 is 1.35 bits per heavy atom. The zero-order valence-electron chi connectivity index (χ0n) is 13.6. The lowest BCUT2D eigenvalue weighted by Gasteiger charge is -2.35. The van der Waals surface area contributed by atoms with Gasteiger partial charge in [0.2, 0.25) is 0 Å². The van der Waals surface area contributed by atoms with E-state index in [-0.39, 0.29) is 24.5 Å². The Bertz CT molecular complexity index is 535. The Hall–Kier alpha value is -2.08. The number of rotatable bonds is 5. The van der Waals surface area contributed by atoms with Gasteiger partial charge in [0.15, 0.2) is 0 Å². The number of piperidine rings is 1. The second-order valence-electron chi connectivity index (χ2n) is 6.15. The molecule has 1 heterocycles. The van der Waals surface area contributed by atoms with E-state index in [9.17, 15) is 14.7 Å². The minimum Gasteiger partial charge on any atom is -0.481 e. The summed E-state index contributed by atoms with van der Waals surface area (Å²) in [7, 11) is 1.59. The van der Waals surface area contributed by atoms with Crippen molar-refractivity contribution in [1.29, 1.82) is 0 Å². The predicted octanol–water partition coefficient (Wildman–Crippen LogP) is 2.13. The van der Waals surface area contributed by atoms with Crippen molar-refractivity contribution in [2.24, 2.45) is 11.8 Å². The molecule has 6 nitrogen and oxygen atoms in total. The fraction of sp³-hybridized carbons (Fsp3) is 0.529. The summed E-state index contributed by atoms with van der Waals surface area (Å²) >= 11 is 0. The molecule has 1 fully saturated rings. The van der Waals surface area contributed by atoms with Crippen LogP contribution < -0.4 is 5.32 Å². The maximum atomic E-state index is 12.5. The Balaban J connectivity index is 2.04. The number of ether oxygens (including phenoxy) is 1. The van der Waals surface area contributed by atoms with Gasteiger partial charge in [-0.1, -0.05) is 37.3 Å². The first-order valence-corrected chi connectivity index (χ1v) is 7.83. The van der Waals surface area contributed by atoms with Crippen LogP contribution in [0.2, 0.25) is 0 Å². The van der Waals surface area contributed by atoms with Gasteiger partial charge in [0.1, 0.15) is 0 Å². The highest BCUT2D eigenvalue weighted by molar-refractivity contribution is 5.77. The SMILES string of the molecule is COCC(NC(=O)N1CC(C)CC(C(=O)O)C1)c1ccccc1. The van der Waals surface area contributed by atoms with E-state index in [2.05, 4.69) is 5.32 Å². The third-order valence-electron chi connectivity index (χ3n) is 4.13. The summed E-state index contributed by atoms with van der Waals surface area (Å²) in [5, 5.41) is 12.2. The maximum absolute atomic E-state index is 12.5. The molecule has 1 aromatic rings. The largest absolute Gasteiger partial charge is 0.481 e. The normalized spacial score (nSPS) is 22.4. The fourth-order valence-corrected chi connectivity index (χ4v) is 3.01. The summed E-state index contributed by atoms with van der Waals surface area (Å²) in [6.45, 7) is 3.16. The van der Waals surface area contributed by atoms with Gasteiger partial charge in [-0.25, -0.2) is 4.79 Å². The molecule has 0 radical (unpaired) electrons. The molecule has 2 rings (SSSR count). The molecule has 0 spiro atoms. The van der Waals surface area contributed by atoms with Crippen LogP contribution in [0.1, 0.15) is 24.9 Å². The lowest BCUT2D eigenvalue weighted by Crippen LogP contribution is -2.50. The van der Waals surface area contributed by atoms with E-state index in [4.69, 9.17) is 4.74 Å². The smallest absolute Gasteiger partial charge is 0.317 e. The van der Waals surface area contributed by atoms with Crippen LogP contribution in [0.5, 0.6) is 0 Å². The number of benzene rings is 1. The van der Waals surface area contributed by atoms with E-state index in [0.29, 0.717) is 19.6 Å². The van der Waals surface area contributed by atoms with Gasteiger partial charge in [0.25, 0.3) is 0 Å². The van der Waals surface area contributed by atoms with Gasteiger partial charge in [-0.2, -0.15) is 0 Å². The number of carboxylic acid groups (broad SMARTS) is 1. The summed E-state index contributed by atoms with van der Waals surface area (Å²) in [6.07, 6.45) is 0.610. The van der Waals surface area contributed by atoms with Gasteiger partial charge in [-0.3, -0.25) is 4.79 Å². The van der Waals surface area contributed by atoms with E-state index in [1.54, 1.807) is 12.0 Å². The lowest BCUT2D eigenvalue weighted by atomic mass is 9.91. The standard InChI is InChI=1S/C17H24N2O4/c1-12-8-14(16(20)21)10-19(9-12)17(22)18-15(11-23-2)13-6-4-3-5-7-13/h3-7,12,14-15H,8-11H2,1-2H3,(H,18,22)(H,20,21). The van der Waals surface area contributed by atoms with Crippen molar-refractivity contribution >= 4 is 12.0 Å². The Kier molecular flexibility index (Phi) is 5.98. The minimum absolute atomic E-state index is 0.174. The number of carbonyl (C=O) groups excluding carboxylic acids is 1. The van der Waals surface area contributed by atoms with Gasteiger partial charge >= 0.3 is 12.0 Å². The molecule has 2 N–H and O–H groups in total. The van der Waals surface area contributed by atoms with Crippen molar-refractivity contribution in [2.45, 2.75) is 19.4 Å². The first-order valence-electron chi connectivity index (χ1n) is 7.83. The van der Waals surface area contributed by atoms with Gasteiger partial charge in [0.05, 0.1) is 18.6 Å². The third kappa shape index (κ3) is 4.69. The second kappa shape index (κ2) is 7.97. The highest BCUT2D eigenvalue weighted by Crippen LogP contribution is 2.22. The Labute approximate surface area is 136 Å². The zero-order valence-corrected chi connectivity index (χ0v) is 13.6. The molecule has 3 atom stereocenters. The fourth-order valence-electron chi connectivity index (χ4n) is 3.01. The van der Waals surface area contributed by atoms with E-state index < -0.39 is 11.9 Å². The van der Waals surface area contributed by atoms with E-state index in [1.165, 1.54) is 0 Å². The molecule has 23 heavy (non-hydrogen) atoms. The molecule has 0 aliphatic carbocycles. The van der Waals surface area contributed by atoms with Gasteiger partial charge in [-0.15, -0.1) is 0 Å². The number of urea groups is 1. The summed E-state index contributed by atoms with van der Waals surface area (Å²) < 4.78 is 5.20. The zero-order chi connectivity index (χ0) is 16.8. The van der Waals surface area contributed by atoms with Crippen LogP contribution in [-0.4, -0.2) is 48.8 Å². The highest BCUT2D eigenvalue weighted by atomic mass is 16.5. The van der Waals surface area contributed by atoms with Crippen molar-refractivity contribution in [2.75, 3.05) is 26.8 Å². The quantitative estimate of drug-likeness (QED) is 0.871. The van der Waals surface area contributed by atoms with Crippen LogP contribution in [0, 0.1) is 11.8 Å². The number of methoxy groups -OCH3 is 1. The molecule has 2 amide bonds. The average Bonchev–Trinajstić information content (AvgIpc) is 2.54. The number of hydrogen-bond acceptors (Lipinski definition) is 3. The number of nitrogens with one attached hydrogen (secondary N) is 1. The first kappa shape index (κ1) is 17.3. The van der Waals surface area contributed by atoms with Crippen molar-refractivity contribution in [3.8, 4) is 0 Å². The molecule has 6 heteroatoms. The molecule has 0 saturated carbocycles.